The largest absolute Gasteiger partial charge is 0.464 e. The number of hydrogen-bond donors (Lipinski definition) is 1. The topological polar surface area (TPSA) is 49.2 Å². The van der Waals surface area contributed by atoms with Crippen LogP contribution < -0.4 is 0 Å². The number of nitrogens with one attached hydrogen (secondary N) is 1. The number of nitrogens with zero attached hydrogens (tertiary/aromatic N) is 1. The number of aryl methyl sites for hydroxylation is 2. The minimum absolute atomic E-state index is 0.0222. The van der Waals surface area contributed by atoms with E-state index in [0.29, 0.717) is 18.2 Å². The molecular formula is C21H24N2O2. The Hall–Kier alpha value is -2.49. The number of furan rings is 1. The Labute approximate surface area is 147 Å². The molecule has 1 saturated carbocycles. The molecule has 1 aliphatic rings. The van der Waals surface area contributed by atoms with E-state index in [9.17, 15) is 4.79 Å². The molecule has 2 aromatic heterocycles. The molecule has 0 spiro atoms. The van der Waals surface area contributed by atoms with Crippen molar-refractivity contribution in [1.29, 1.82) is 0 Å². The predicted molar refractivity (Wildman–Crippen MR) is 98.8 cm³/mol. The fourth-order valence-electron chi connectivity index (χ4n) is 3.62. The Kier molecular flexibility index (Phi) is 3.71. The molecule has 1 aromatic carbocycles. The molecule has 2 atom stereocenters. The molecule has 3 aromatic rings. The zero-order valence-electron chi connectivity index (χ0n) is 15.2. The Morgan fingerprint density at radius 1 is 1.28 bits per heavy atom. The first kappa shape index (κ1) is 16.0. The van der Waals surface area contributed by atoms with Crippen LogP contribution >= 0.6 is 0 Å². The molecule has 1 aliphatic carbocycles. The second-order valence-electron chi connectivity index (χ2n) is 7.51. The highest BCUT2D eigenvalue weighted by atomic mass is 16.3. The molecule has 0 saturated heterocycles. The lowest BCUT2D eigenvalue weighted by atomic mass is 10.1. The summed E-state index contributed by atoms with van der Waals surface area (Å²) in [7, 11) is 1.81. The van der Waals surface area contributed by atoms with Crippen LogP contribution in [0.4, 0.5) is 0 Å². The van der Waals surface area contributed by atoms with Gasteiger partial charge in [0, 0.05) is 23.9 Å². The number of amides is 1. The SMILES string of the molecule is Cc1cc(C)c2cc(C(=O)N(C)Cc3ccc([C@H]4C[C@H]4C)o3)[nH]c2c1. The maximum absolute atomic E-state index is 12.8. The van der Waals surface area contributed by atoms with Gasteiger partial charge in [0.1, 0.15) is 17.2 Å². The number of H-pyrrole nitrogens is 1. The van der Waals surface area contributed by atoms with Crippen molar-refractivity contribution in [3.05, 3.63) is 58.7 Å². The molecule has 0 unspecified atom stereocenters. The molecule has 0 bridgehead atoms. The minimum Gasteiger partial charge on any atom is -0.464 e. The van der Waals surface area contributed by atoms with Gasteiger partial charge in [-0.3, -0.25) is 4.79 Å². The highest BCUT2D eigenvalue weighted by Gasteiger charge is 2.36. The summed E-state index contributed by atoms with van der Waals surface area (Å²) in [5.41, 5.74) is 4.00. The van der Waals surface area contributed by atoms with Gasteiger partial charge in [-0.15, -0.1) is 0 Å². The summed E-state index contributed by atoms with van der Waals surface area (Å²) in [6, 6.07) is 10.2. The first-order valence-corrected chi connectivity index (χ1v) is 8.86. The lowest BCUT2D eigenvalue weighted by Crippen LogP contribution is -2.26. The summed E-state index contributed by atoms with van der Waals surface area (Å²) in [6.07, 6.45) is 1.20. The lowest BCUT2D eigenvalue weighted by Gasteiger charge is -2.14. The van der Waals surface area contributed by atoms with Gasteiger partial charge >= 0.3 is 0 Å². The van der Waals surface area contributed by atoms with Crippen LogP contribution in [0, 0.1) is 19.8 Å². The fourth-order valence-corrected chi connectivity index (χ4v) is 3.62. The van der Waals surface area contributed by atoms with E-state index in [1.807, 2.05) is 19.2 Å². The highest BCUT2D eigenvalue weighted by molar-refractivity contribution is 5.98. The number of aromatic amines is 1. The molecule has 2 heterocycles. The standard InChI is InChI=1S/C21H24N2O2/c1-12-7-13(2)16-10-19(22-18(16)8-12)21(24)23(4)11-15-5-6-20(25-15)17-9-14(17)3/h5-8,10,14,17,22H,9,11H2,1-4H3/t14-,17+/m1/s1. The van der Waals surface area contributed by atoms with Gasteiger partial charge in [-0.25, -0.2) is 0 Å². The number of aromatic nitrogens is 1. The van der Waals surface area contributed by atoms with Gasteiger partial charge in [0.25, 0.3) is 5.91 Å². The van der Waals surface area contributed by atoms with Crippen molar-refractivity contribution in [3.8, 4) is 0 Å². The number of carbonyl (C=O) groups excluding carboxylic acids is 1. The van der Waals surface area contributed by atoms with Crippen LogP contribution in [0.2, 0.25) is 0 Å². The minimum atomic E-state index is -0.0222. The van der Waals surface area contributed by atoms with Gasteiger partial charge in [0.05, 0.1) is 6.54 Å². The van der Waals surface area contributed by atoms with Crippen LogP contribution in [0.25, 0.3) is 10.9 Å². The molecule has 4 rings (SSSR count). The van der Waals surface area contributed by atoms with Gasteiger partial charge in [-0.2, -0.15) is 0 Å². The predicted octanol–water partition coefficient (Wildman–Crippen LogP) is 4.77. The number of benzene rings is 1. The molecule has 1 amide bonds. The van der Waals surface area contributed by atoms with E-state index in [1.165, 1.54) is 17.5 Å². The van der Waals surface area contributed by atoms with Crippen molar-refractivity contribution in [3.63, 3.8) is 0 Å². The third-order valence-electron chi connectivity index (χ3n) is 5.22. The lowest BCUT2D eigenvalue weighted by molar-refractivity contribution is 0.0770. The summed E-state index contributed by atoms with van der Waals surface area (Å²) in [5, 5.41) is 1.10. The van der Waals surface area contributed by atoms with Gasteiger partial charge in [-0.05, 0) is 61.6 Å². The van der Waals surface area contributed by atoms with Gasteiger partial charge in [-0.1, -0.05) is 13.0 Å². The molecule has 4 nitrogen and oxygen atoms in total. The number of carbonyl (C=O) groups is 1. The molecule has 1 N–H and O–H groups in total. The van der Waals surface area contributed by atoms with Gasteiger partial charge < -0.3 is 14.3 Å². The fraction of sp³-hybridized carbons (Fsp3) is 0.381. The Morgan fingerprint density at radius 3 is 2.76 bits per heavy atom. The van der Waals surface area contributed by atoms with Crippen molar-refractivity contribution >= 4 is 16.8 Å². The second-order valence-corrected chi connectivity index (χ2v) is 7.51. The molecule has 0 aliphatic heterocycles. The zero-order valence-corrected chi connectivity index (χ0v) is 15.2. The van der Waals surface area contributed by atoms with Crippen LogP contribution in [0.1, 0.15) is 52.4 Å². The first-order valence-electron chi connectivity index (χ1n) is 8.86. The zero-order chi connectivity index (χ0) is 17.7. The molecule has 0 radical (unpaired) electrons. The number of fused-ring (bicyclic) bond motifs is 1. The molecule has 1 fully saturated rings. The normalized spacial score (nSPS) is 19.4. The Balaban J connectivity index is 1.52. The van der Waals surface area contributed by atoms with E-state index < -0.39 is 0 Å². The van der Waals surface area contributed by atoms with E-state index in [-0.39, 0.29) is 5.91 Å². The molecular weight excluding hydrogens is 312 g/mol. The third-order valence-corrected chi connectivity index (χ3v) is 5.22. The summed E-state index contributed by atoms with van der Waals surface area (Å²) < 4.78 is 5.92. The summed E-state index contributed by atoms with van der Waals surface area (Å²) in [4.78, 5) is 17.7. The summed E-state index contributed by atoms with van der Waals surface area (Å²) in [5.74, 6) is 3.16. The van der Waals surface area contributed by atoms with E-state index in [0.717, 1.165) is 28.3 Å². The van der Waals surface area contributed by atoms with Crippen molar-refractivity contribution in [2.45, 2.75) is 39.7 Å². The second kappa shape index (κ2) is 5.80. The summed E-state index contributed by atoms with van der Waals surface area (Å²) >= 11 is 0. The summed E-state index contributed by atoms with van der Waals surface area (Å²) in [6.45, 7) is 6.86. The van der Waals surface area contributed by atoms with Crippen LogP contribution in [0.5, 0.6) is 0 Å². The maximum atomic E-state index is 12.8. The quantitative estimate of drug-likeness (QED) is 0.746. The molecule has 130 valence electrons. The monoisotopic (exact) mass is 336 g/mol. The van der Waals surface area contributed by atoms with Crippen molar-refractivity contribution < 1.29 is 9.21 Å². The molecule has 25 heavy (non-hydrogen) atoms. The van der Waals surface area contributed by atoms with E-state index in [2.05, 4.69) is 44.0 Å². The Bertz CT molecular complexity index is 950. The van der Waals surface area contributed by atoms with Gasteiger partial charge in [0.2, 0.25) is 0 Å². The maximum Gasteiger partial charge on any atom is 0.270 e. The van der Waals surface area contributed by atoms with E-state index in [1.54, 1.807) is 4.90 Å². The average Bonchev–Trinajstić information content (AvgIpc) is 2.98. The first-order chi connectivity index (χ1) is 11.9. The number of rotatable bonds is 4. The van der Waals surface area contributed by atoms with Crippen molar-refractivity contribution in [2.24, 2.45) is 5.92 Å². The molecule has 4 heteroatoms. The van der Waals surface area contributed by atoms with Crippen LogP contribution in [-0.2, 0) is 6.54 Å². The number of hydrogen-bond acceptors (Lipinski definition) is 2. The van der Waals surface area contributed by atoms with E-state index >= 15 is 0 Å². The van der Waals surface area contributed by atoms with Gasteiger partial charge in [0.15, 0.2) is 0 Å². The highest BCUT2D eigenvalue weighted by Crippen LogP contribution is 2.47. The van der Waals surface area contributed by atoms with Crippen LogP contribution in [-0.4, -0.2) is 22.8 Å². The van der Waals surface area contributed by atoms with Crippen LogP contribution in [0.3, 0.4) is 0 Å². The van der Waals surface area contributed by atoms with E-state index in [4.69, 9.17) is 4.42 Å². The third kappa shape index (κ3) is 2.97. The smallest absolute Gasteiger partial charge is 0.270 e. The average molecular weight is 336 g/mol. The van der Waals surface area contributed by atoms with Crippen molar-refractivity contribution in [1.82, 2.24) is 9.88 Å². The van der Waals surface area contributed by atoms with Crippen LogP contribution in [0.15, 0.2) is 34.7 Å². The van der Waals surface area contributed by atoms with Crippen molar-refractivity contribution in [2.75, 3.05) is 7.05 Å². The Morgan fingerprint density at radius 2 is 2.04 bits per heavy atom.